The maximum absolute atomic E-state index is 6.62. The summed E-state index contributed by atoms with van der Waals surface area (Å²) in [7, 11) is 0. The second kappa shape index (κ2) is 3.56. The zero-order chi connectivity index (χ0) is 8.27. The van der Waals surface area contributed by atoms with E-state index in [1.165, 1.54) is 12.4 Å². The minimum absolute atomic E-state index is 0.209. The van der Waals surface area contributed by atoms with Crippen LogP contribution >= 0.6 is 23.2 Å². The van der Waals surface area contributed by atoms with Gasteiger partial charge in [0.05, 0.1) is 15.6 Å². The highest BCUT2D eigenvalue weighted by Crippen LogP contribution is 2.23. The molecule has 0 unspecified atom stereocenters. The van der Waals surface area contributed by atoms with Gasteiger partial charge in [-0.3, -0.25) is 4.98 Å². The molecule has 0 spiro atoms. The molecule has 0 aliphatic carbocycles. The summed E-state index contributed by atoms with van der Waals surface area (Å²) < 4.78 is 0. The zero-order valence-electron chi connectivity index (χ0n) is 5.51. The van der Waals surface area contributed by atoms with E-state index in [2.05, 4.69) is 9.83 Å². The van der Waals surface area contributed by atoms with Crippen molar-refractivity contribution in [1.29, 1.82) is 0 Å². The summed E-state index contributed by atoms with van der Waals surface area (Å²) in [5.74, 6) is 0. The van der Waals surface area contributed by atoms with Crippen molar-refractivity contribution in [2.75, 3.05) is 0 Å². The van der Waals surface area contributed by atoms with E-state index in [9.17, 15) is 0 Å². The predicted molar refractivity (Wildman–Crippen MR) is 44.6 cm³/mol. The minimum atomic E-state index is 0.209. The van der Waals surface area contributed by atoms with Crippen molar-refractivity contribution in [2.24, 2.45) is 0 Å². The molecule has 1 rings (SSSR count). The number of hydrogen-bond acceptors (Lipinski definition) is 1. The third kappa shape index (κ3) is 1.83. The van der Waals surface area contributed by atoms with Gasteiger partial charge in [0, 0.05) is 12.4 Å². The highest BCUT2D eigenvalue weighted by molar-refractivity contribution is 6.35. The SMILES string of the molecule is [C-]#[N+]Cc1c(Cl)cncc1Cl. The maximum Gasteiger partial charge on any atom is 0.242 e. The molecule has 0 saturated carbocycles. The van der Waals surface area contributed by atoms with Crippen LogP contribution in [0.25, 0.3) is 4.85 Å². The fraction of sp³-hybridized carbons (Fsp3) is 0.143. The first-order chi connectivity index (χ1) is 5.25. The monoisotopic (exact) mass is 186 g/mol. The highest BCUT2D eigenvalue weighted by Gasteiger charge is 2.07. The Hall–Kier alpha value is -0.780. The first-order valence-electron chi connectivity index (χ1n) is 2.87. The normalized spacial score (nSPS) is 9.18. The van der Waals surface area contributed by atoms with Gasteiger partial charge in [-0.05, 0) is 0 Å². The van der Waals surface area contributed by atoms with Gasteiger partial charge in [-0.15, -0.1) is 0 Å². The van der Waals surface area contributed by atoms with Crippen LogP contribution in [0.15, 0.2) is 12.4 Å². The van der Waals surface area contributed by atoms with Crippen LogP contribution in [0.2, 0.25) is 10.0 Å². The van der Waals surface area contributed by atoms with Gasteiger partial charge in [0.25, 0.3) is 0 Å². The van der Waals surface area contributed by atoms with E-state index in [1.54, 1.807) is 0 Å². The number of rotatable bonds is 1. The summed E-state index contributed by atoms with van der Waals surface area (Å²) in [5, 5.41) is 0.905. The van der Waals surface area contributed by atoms with Crippen LogP contribution in [0.3, 0.4) is 0 Å². The van der Waals surface area contributed by atoms with E-state index in [4.69, 9.17) is 29.8 Å². The third-order valence-electron chi connectivity index (χ3n) is 1.19. The molecule has 0 fully saturated rings. The molecule has 2 nitrogen and oxygen atoms in total. The quantitative estimate of drug-likeness (QED) is 0.617. The highest BCUT2D eigenvalue weighted by atomic mass is 35.5. The Bertz CT molecular complexity index is 284. The van der Waals surface area contributed by atoms with Gasteiger partial charge in [-0.1, -0.05) is 23.2 Å². The van der Waals surface area contributed by atoms with Crippen LogP contribution in [-0.2, 0) is 6.54 Å². The molecule has 0 saturated heterocycles. The van der Waals surface area contributed by atoms with E-state index in [0.29, 0.717) is 15.6 Å². The molecule has 0 atom stereocenters. The Balaban J connectivity index is 3.12. The fourth-order valence-corrected chi connectivity index (χ4v) is 1.15. The molecule has 0 aliphatic heterocycles. The minimum Gasteiger partial charge on any atom is -0.312 e. The van der Waals surface area contributed by atoms with Gasteiger partial charge in [0.15, 0.2) is 0 Å². The molecule has 0 bridgehead atoms. The first kappa shape index (κ1) is 8.32. The Morgan fingerprint density at radius 2 is 1.91 bits per heavy atom. The van der Waals surface area contributed by atoms with Crippen LogP contribution < -0.4 is 0 Å². The molecule has 56 valence electrons. The molecule has 11 heavy (non-hydrogen) atoms. The van der Waals surface area contributed by atoms with Crippen LogP contribution in [0.4, 0.5) is 0 Å². The second-order valence-electron chi connectivity index (χ2n) is 1.90. The number of pyridine rings is 1. The molecule has 0 aliphatic rings. The molecule has 1 aromatic heterocycles. The lowest BCUT2D eigenvalue weighted by molar-refractivity contribution is 1.21. The first-order valence-corrected chi connectivity index (χ1v) is 3.62. The average Bonchev–Trinajstić information content (AvgIpc) is 1.97. The van der Waals surface area contributed by atoms with E-state index in [0.717, 1.165) is 0 Å². The van der Waals surface area contributed by atoms with E-state index < -0.39 is 0 Å². The van der Waals surface area contributed by atoms with Crippen molar-refractivity contribution in [3.8, 4) is 0 Å². The Morgan fingerprint density at radius 1 is 1.36 bits per heavy atom. The van der Waals surface area contributed by atoms with Crippen LogP contribution in [0.5, 0.6) is 0 Å². The summed E-state index contributed by atoms with van der Waals surface area (Å²) >= 11 is 11.4. The fourth-order valence-electron chi connectivity index (χ4n) is 0.668. The van der Waals surface area contributed by atoms with Crippen molar-refractivity contribution >= 4 is 23.2 Å². The van der Waals surface area contributed by atoms with Crippen molar-refractivity contribution < 1.29 is 0 Å². The summed E-state index contributed by atoms with van der Waals surface area (Å²) in [6.07, 6.45) is 2.96. The van der Waals surface area contributed by atoms with Gasteiger partial charge >= 0.3 is 0 Å². The molecular weight excluding hydrogens is 183 g/mol. The van der Waals surface area contributed by atoms with Crippen LogP contribution in [0, 0.1) is 6.57 Å². The second-order valence-corrected chi connectivity index (χ2v) is 2.71. The van der Waals surface area contributed by atoms with Gasteiger partial charge in [0.1, 0.15) is 0 Å². The largest absolute Gasteiger partial charge is 0.312 e. The average molecular weight is 187 g/mol. The van der Waals surface area contributed by atoms with Gasteiger partial charge in [-0.2, -0.15) is 0 Å². The number of hydrogen-bond donors (Lipinski definition) is 0. The third-order valence-corrected chi connectivity index (χ3v) is 1.84. The standard InChI is InChI=1S/C7H4Cl2N2/c1-10-2-5-6(8)3-11-4-7(5)9/h3-4H,2H2. The van der Waals surface area contributed by atoms with Crippen LogP contribution in [-0.4, -0.2) is 4.98 Å². The lowest BCUT2D eigenvalue weighted by Crippen LogP contribution is -1.85. The molecule has 1 heterocycles. The van der Waals surface area contributed by atoms with E-state index in [1.807, 2.05) is 0 Å². The Labute approximate surface area is 74.6 Å². The summed E-state index contributed by atoms with van der Waals surface area (Å²) in [6.45, 7) is 6.83. The molecule has 0 radical (unpaired) electrons. The molecule has 0 aromatic carbocycles. The Morgan fingerprint density at radius 3 is 2.36 bits per heavy atom. The summed E-state index contributed by atoms with van der Waals surface area (Å²) in [5.41, 5.74) is 0.651. The lowest BCUT2D eigenvalue weighted by Gasteiger charge is -1.97. The number of nitrogens with zero attached hydrogens (tertiary/aromatic N) is 2. The molecule has 0 amide bonds. The van der Waals surface area contributed by atoms with Crippen molar-refractivity contribution in [3.05, 3.63) is 39.4 Å². The maximum atomic E-state index is 6.62. The summed E-state index contributed by atoms with van der Waals surface area (Å²) in [6, 6.07) is 0. The predicted octanol–water partition coefficient (Wildman–Crippen LogP) is 2.81. The Kier molecular flexibility index (Phi) is 2.70. The van der Waals surface area contributed by atoms with E-state index >= 15 is 0 Å². The van der Waals surface area contributed by atoms with Crippen LogP contribution in [0.1, 0.15) is 5.56 Å². The zero-order valence-corrected chi connectivity index (χ0v) is 7.02. The van der Waals surface area contributed by atoms with Crippen molar-refractivity contribution in [2.45, 2.75) is 6.54 Å². The van der Waals surface area contributed by atoms with E-state index in [-0.39, 0.29) is 6.54 Å². The molecule has 4 heteroatoms. The topological polar surface area (TPSA) is 17.2 Å². The van der Waals surface area contributed by atoms with Gasteiger partial charge < -0.3 is 4.85 Å². The van der Waals surface area contributed by atoms with Gasteiger partial charge in [0.2, 0.25) is 6.54 Å². The van der Waals surface area contributed by atoms with Crippen molar-refractivity contribution in [1.82, 2.24) is 4.98 Å². The molecule has 0 N–H and O–H groups in total. The summed E-state index contributed by atoms with van der Waals surface area (Å²) in [4.78, 5) is 6.94. The number of halogens is 2. The van der Waals surface area contributed by atoms with Crippen molar-refractivity contribution in [3.63, 3.8) is 0 Å². The lowest BCUT2D eigenvalue weighted by atomic mass is 10.3. The molecule has 1 aromatic rings. The number of aromatic nitrogens is 1. The smallest absolute Gasteiger partial charge is 0.242 e. The van der Waals surface area contributed by atoms with Gasteiger partial charge in [-0.25, -0.2) is 6.57 Å². The molecular formula is C7H4Cl2N2.